The van der Waals surface area contributed by atoms with Gasteiger partial charge in [0.25, 0.3) is 0 Å². The highest BCUT2D eigenvalue weighted by molar-refractivity contribution is 6.34. The van der Waals surface area contributed by atoms with Gasteiger partial charge in [0.2, 0.25) is 5.78 Å². The molecule has 0 saturated heterocycles. The van der Waals surface area contributed by atoms with Crippen molar-refractivity contribution in [2.45, 2.75) is 13.5 Å². The van der Waals surface area contributed by atoms with E-state index in [-0.39, 0.29) is 16.3 Å². The molecule has 0 aliphatic carbocycles. The fraction of sp³-hybridized carbons (Fsp3) is 0.286. The van der Waals surface area contributed by atoms with Crippen LogP contribution in [-0.2, 0) is 11.3 Å². The van der Waals surface area contributed by atoms with Crippen molar-refractivity contribution in [1.29, 1.82) is 0 Å². The third kappa shape index (κ3) is 2.89. The number of halogens is 2. The number of aromatic nitrogens is 2. The van der Waals surface area contributed by atoms with Crippen molar-refractivity contribution in [2.75, 3.05) is 13.7 Å². The average molecular weight is 297 g/mol. The highest BCUT2D eigenvalue weighted by Gasteiger charge is 2.21. The van der Waals surface area contributed by atoms with Gasteiger partial charge in [-0.3, -0.25) is 9.48 Å². The van der Waals surface area contributed by atoms with E-state index in [1.165, 1.54) is 23.0 Å². The van der Waals surface area contributed by atoms with Gasteiger partial charge in [-0.25, -0.2) is 4.39 Å². The van der Waals surface area contributed by atoms with E-state index in [2.05, 4.69) is 5.10 Å². The lowest BCUT2D eigenvalue weighted by molar-refractivity contribution is 0.102. The van der Waals surface area contributed by atoms with Crippen LogP contribution >= 0.6 is 11.6 Å². The molecule has 2 rings (SSSR count). The van der Waals surface area contributed by atoms with E-state index in [1.807, 2.05) is 0 Å². The number of benzene rings is 1. The Morgan fingerprint density at radius 2 is 2.25 bits per heavy atom. The highest BCUT2D eigenvalue weighted by Crippen LogP contribution is 2.21. The fourth-order valence-electron chi connectivity index (χ4n) is 1.87. The molecule has 0 N–H and O–H groups in total. The number of aryl methyl sites for hydroxylation is 1. The molecule has 1 heterocycles. The molecule has 2 aromatic rings. The number of hydrogen-bond acceptors (Lipinski definition) is 3. The Morgan fingerprint density at radius 3 is 2.90 bits per heavy atom. The van der Waals surface area contributed by atoms with Crippen LogP contribution in [0.5, 0.6) is 0 Å². The van der Waals surface area contributed by atoms with Crippen molar-refractivity contribution in [3.63, 3.8) is 0 Å². The predicted molar refractivity (Wildman–Crippen MR) is 73.7 cm³/mol. The zero-order valence-corrected chi connectivity index (χ0v) is 11.9. The van der Waals surface area contributed by atoms with E-state index in [4.69, 9.17) is 16.3 Å². The van der Waals surface area contributed by atoms with Crippen LogP contribution in [-0.4, -0.2) is 29.3 Å². The molecule has 0 bridgehead atoms. The summed E-state index contributed by atoms with van der Waals surface area (Å²) in [5, 5.41) is 4.21. The third-order valence-corrected chi connectivity index (χ3v) is 3.16. The van der Waals surface area contributed by atoms with Crippen LogP contribution in [0.4, 0.5) is 4.39 Å². The normalized spacial score (nSPS) is 10.8. The summed E-state index contributed by atoms with van der Waals surface area (Å²) in [6.45, 7) is 2.51. The summed E-state index contributed by atoms with van der Waals surface area (Å²) in [7, 11) is 1.55. The molecule has 0 amide bonds. The summed E-state index contributed by atoms with van der Waals surface area (Å²) in [5.41, 5.74) is 0.904. The summed E-state index contributed by atoms with van der Waals surface area (Å²) >= 11 is 5.98. The van der Waals surface area contributed by atoms with E-state index < -0.39 is 11.6 Å². The minimum atomic E-state index is -0.564. The maximum atomic E-state index is 13.9. The van der Waals surface area contributed by atoms with Crippen LogP contribution in [0.15, 0.2) is 24.4 Å². The van der Waals surface area contributed by atoms with E-state index in [0.29, 0.717) is 13.2 Å². The van der Waals surface area contributed by atoms with Crippen LogP contribution in [0.3, 0.4) is 0 Å². The summed E-state index contributed by atoms with van der Waals surface area (Å²) in [4.78, 5) is 12.4. The standard InChI is InChI=1S/C14H14ClFN2O2/c1-9-3-4-10(12(16)7-9)14(19)13-11(15)8-17-18(13)5-6-20-2/h3-4,7-8H,5-6H2,1-2H3. The summed E-state index contributed by atoms with van der Waals surface area (Å²) < 4.78 is 20.3. The first-order chi connectivity index (χ1) is 9.54. The minimum Gasteiger partial charge on any atom is -0.383 e. The molecular formula is C14H14ClFN2O2. The average Bonchev–Trinajstić information content (AvgIpc) is 2.77. The molecular weight excluding hydrogens is 283 g/mol. The van der Waals surface area contributed by atoms with Gasteiger partial charge < -0.3 is 4.74 Å². The predicted octanol–water partition coefficient (Wildman–Crippen LogP) is 2.86. The maximum Gasteiger partial charge on any atom is 0.215 e. The molecule has 106 valence electrons. The molecule has 6 heteroatoms. The zero-order valence-electron chi connectivity index (χ0n) is 11.2. The molecule has 0 aliphatic rings. The van der Waals surface area contributed by atoms with Gasteiger partial charge in [0.15, 0.2) is 0 Å². The Balaban J connectivity index is 2.40. The second-order valence-electron chi connectivity index (χ2n) is 4.37. The van der Waals surface area contributed by atoms with Gasteiger partial charge in [-0.1, -0.05) is 17.7 Å². The van der Waals surface area contributed by atoms with Crippen LogP contribution in [0.1, 0.15) is 21.6 Å². The van der Waals surface area contributed by atoms with Gasteiger partial charge in [-0.2, -0.15) is 5.10 Å². The number of methoxy groups -OCH3 is 1. The molecule has 1 aromatic carbocycles. The first-order valence-electron chi connectivity index (χ1n) is 6.05. The van der Waals surface area contributed by atoms with Crippen LogP contribution in [0.25, 0.3) is 0 Å². The molecule has 0 aliphatic heterocycles. The number of carbonyl (C=O) groups is 1. The molecule has 0 saturated carbocycles. The van der Waals surface area contributed by atoms with E-state index in [9.17, 15) is 9.18 Å². The van der Waals surface area contributed by atoms with Crippen molar-refractivity contribution in [3.05, 3.63) is 52.1 Å². The summed E-state index contributed by atoms with van der Waals surface area (Å²) in [5.74, 6) is -1.05. The third-order valence-electron chi connectivity index (χ3n) is 2.89. The molecule has 4 nitrogen and oxygen atoms in total. The number of rotatable bonds is 5. The van der Waals surface area contributed by atoms with E-state index in [1.54, 1.807) is 20.1 Å². The Labute approximate surface area is 121 Å². The number of ether oxygens (including phenoxy) is 1. The Bertz CT molecular complexity index is 640. The van der Waals surface area contributed by atoms with Gasteiger partial charge in [0.1, 0.15) is 11.5 Å². The van der Waals surface area contributed by atoms with Gasteiger partial charge in [-0.05, 0) is 24.6 Å². The van der Waals surface area contributed by atoms with Crippen molar-refractivity contribution < 1.29 is 13.9 Å². The van der Waals surface area contributed by atoms with Crippen molar-refractivity contribution in [1.82, 2.24) is 9.78 Å². The largest absolute Gasteiger partial charge is 0.383 e. The zero-order chi connectivity index (χ0) is 14.7. The number of ketones is 1. The lowest BCUT2D eigenvalue weighted by Gasteiger charge is -2.08. The van der Waals surface area contributed by atoms with Gasteiger partial charge >= 0.3 is 0 Å². The topological polar surface area (TPSA) is 44.1 Å². The second-order valence-corrected chi connectivity index (χ2v) is 4.78. The quantitative estimate of drug-likeness (QED) is 0.797. The maximum absolute atomic E-state index is 13.9. The smallest absolute Gasteiger partial charge is 0.215 e. The summed E-state index contributed by atoms with van der Waals surface area (Å²) in [6, 6.07) is 4.45. The molecule has 0 unspecified atom stereocenters. The molecule has 0 radical (unpaired) electrons. The van der Waals surface area contributed by atoms with Crippen LogP contribution in [0.2, 0.25) is 5.02 Å². The Morgan fingerprint density at radius 1 is 1.50 bits per heavy atom. The van der Waals surface area contributed by atoms with Gasteiger partial charge in [0.05, 0.1) is 29.9 Å². The van der Waals surface area contributed by atoms with Gasteiger partial charge in [-0.15, -0.1) is 0 Å². The fourth-order valence-corrected chi connectivity index (χ4v) is 2.09. The first-order valence-corrected chi connectivity index (χ1v) is 6.43. The SMILES string of the molecule is COCCn1ncc(Cl)c1C(=O)c1ccc(C)cc1F. The molecule has 0 fully saturated rings. The monoisotopic (exact) mass is 296 g/mol. The molecule has 0 atom stereocenters. The van der Waals surface area contributed by atoms with Crippen LogP contribution in [0, 0.1) is 12.7 Å². The van der Waals surface area contributed by atoms with Gasteiger partial charge in [0, 0.05) is 7.11 Å². The Hall–Kier alpha value is -1.72. The first kappa shape index (κ1) is 14.7. The van der Waals surface area contributed by atoms with Crippen molar-refractivity contribution in [3.8, 4) is 0 Å². The van der Waals surface area contributed by atoms with E-state index in [0.717, 1.165) is 5.56 Å². The summed E-state index contributed by atoms with van der Waals surface area (Å²) in [6.07, 6.45) is 1.37. The molecule has 1 aromatic heterocycles. The molecule has 20 heavy (non-hydrogen) atoms. The van der Waals surface area contributed by atoms with Crippen LogP contribution < -0.4 is 0 Å². The number of nitrogens with zero attached hydrogens (tertiary/aromatic N) is 2. The Kier molecular flexibility index (Phi) is 4.52. The van der Waals surface area contributed by atoms with Crippen molar-refractivity contribution >= 4 is 17.4 Å². The second kappa shape index (κ2) is 6.15. The van der Waals surface area contributed by atoms with Crippen molar-refractivity contribution in [2.24, 2.45) is 0 Å². The van der Waals surface area contributed by atoms with E-state index >= 15 is 0 Å². The molecule has 0 spiro atoms. The minimum absolute atomic E-state index is 0.0170. The lowest BCUT2D eigenvalue weighted by atomic mass is 10.1. The highest BCUT2D eigenvalue weighted by atomic mass is 35.5. The lowest BCUT2D eigenvalue weighted by Crippen LogP contribution is -2.15. The number of hydrogen-bond donors (Lipinski definition) is 0. The number of carbonyl (C=O) groups excluding carboxylic acids is 1.